The molecule has 96 valence electrons. The summed E-state index contributed by atoms with van der Waals surface area (Å²) in [4.78, 5) is 14.1. The number of aromatic amines is 1. The normalized spacial score (nSPS) is 11.5. The monoisotopic (exact) mass is 262 g/mol. The van der Waals surface area contributed by atoms with Crippen LogP contribution in [0.5, 0.6) is 0 Å². The zero-order valence-corrected chi connectivity index (χ0v) is 9.90. The molecule has 0 aliphatic heterocycles. The van der Waals surface area contributed by atoms with E-state index >= 15 is 0 Å². The van der Waals surface area contributed by atoms with Crippen molar-refractivity contribution in [1.82, 2.24) is 19.9 Å². The van der Waals surface area contributed by atoms with E-state index in [0.717, 1.165) is 0 Å². The van der Waals surface area contributed by atoms with E-state index in [1.807, 2.05) is 0 Å². The Kier molecular flexibility index (Phi) is 5.04. The maximum atomic E-state index is 11.3. The van der Waals surface area contributed by atoms with E-state index in [2.05, 4.69) is 19.9 Å². The first-order valence-corrected chi connectivity index (χ1v) is 6.68. The van der Waals surface area contributed by atoms with E-state index in [9.17, 15) is 13.2 Å². The van der Waals surface area contributed by atoms with Crippen molar-refractivity contribution in [3.8, 4) is 0 Å². The van der Waals surface area contributed by atoms with Gasteiger partial charge in [-0.2, -0.15) is 5.10 Å². The zero-order chi connectivity index (χ0) is 12.7. The van der Waals surface area contributed by atoms with Gasteiger partial charge in [-0.05, 0) is 6.42 Å². The van der Waals surface area contributed by atoms with E-state index in [-0.39, 0.29) is 6.54 Å². The van der Waals surface area contributed by atoms with Gasteiger partial charge in [-0.15, -0.1) is 0 Å². The van der Waals surface area contributed by atoms with Crippen LogP contribution in [0.1, 0.15) is 18.7 Å². The first kappa shape index (κ1) is 13.6. The number of rotatable bonds is 8. The molecule has 8 nitrogen and oxygen atoms in total. The van der Waals surface area contributed by atoms with Gasteiger partial charge in [0.15, 0.2) is 0 Å². The van der Waals surface area contributed by atoms with E-state index in [4.69, 9.17) is 5.11 Å². The van der Waals surface area contributed by atoms with Gasteiger partial charge in [0.2, 0.25) is 10.0 Å². The number of carboxylic acid groups (broad SMARTS) is 1. The predicted octanol–water partition coefficient (Wildman–Crippen LogP) is -0.869. The predicted molar refractivity (Wildman–Crippen MR) is 58.7 cm³/mol. The third-order valence-corrected chi connectivity index (χ3v) is 3.35. The van der Waals surface area contributed by atoms with Crippen molar-refractivity contribution < 1.29 is 18.3 Å². The Morgan fingerprint density at radius 3 is 2.88 bits per heavy atom. The molecule has 0 saturated heterocycles. The molecule has 0 amide bonds. The van der Waals surface area contributed by atoms with Crippen molar-refractivity contribution in [1.29, 1.82) is 0 Å². The number of carboxylic acids is 1. The zero-order valence-electron chi connectivity index (χ0n) is 9.09. The summed E-state index contributed by atoms with van der Waals surface area (Å²) in [6.07, 6.45) is 2.15. The van der Waals surface area contributed by atoms with Crippen LogP contribution >= 0.6 is 0 Å². The quantitative estimate of drug-likeness (QED) is 0.523. The summed E-state index contributed by atoms with van der Waals surface area (Å²) < 4.78 is 24.9. The third-order valence-electron chi connectivity index (χ3n) is 1.96. The highest BCUT2D eigenvalue weighted by Gasteiger charge is 2.11. The Morgan fingerprint density at radius 2 is 2.29 bits per heavy atom. The number of hydrogen-bond donors (Lipinski definition) is 3. The van der Waals surface area contributed by atoms with Crippen LogP contribution in [0.15, 0.2) is 6.33 Å². The average molecular weight is 262 g/mol. The van der Waals surface area contributed by atoms with Crippen LogP contribution in [-0.2, 0) is 21.2 Å². The molecular formula is C8H14N4O4S. The van der Waals surface area contributed by atoms with Gasteiger partial charge in [0, 0.05) is 13.0 Å². The molecule has 0 saturated carbocycles. The van der Waals surface area contributed by atoms with Crippen LogP contribution < -0.4 is 4.72 Å². The summed E-state index contributed by atoms with van der Waals surface area (Å²) in [6.45, 7) is 0.253. The number of hydrogen-bond acceptors (Lipinski definition) is 5. The molecule has 0 atom stereocenters. The molecular weight excluding hydrogens is 248 g/mol. The molecule has 0 bridgehead atoms. The minimum absolute atomic E-state index is 0.253. The molecule has 0 aliphatic rings. The van der Waals surface area contributed by atoms with E-state index < -0.39 is 28.2 Å². The first-order valence-electron chi connectivity index (χ1n) is 5.03. The lowest BCUT2D eigenvalue weighted by Gasteiger charge is -2.04. The lowest BCUT2D eigenvalue weighted by Crippen LogP contribution is -2.28. The van der Waals surface area contributed by atoms with Gasteiger partial charge in [-0.1, -0.05) is 0 Å². The molecule has 0 radical (unpaired) electrons. The van der Waals surface area contributed by atoms with Crippen molar-refractivity contribution in [2.75, 3.05) is 12.3 Å². The Balaban J connectivity index is 2.19. The lowest BCUT2D eigenvalue weighted by atomic mass is 10.3. The van der Waals surface area contributed by atoms with Gasteiger partial charge in [-0.3, -0.25) is 9.89 Å². The van der Waals surface area contributed by atoms with E-state index in [1.54, 1.807) is 0 Å². The molecule has 1 aromatic heterocycles. The smallest absolute Gasteiger partial charge is 0.304 e. The maximum Gasteiger partial charge on any atom is 0.304 e. The van der Waals surface area contributed by atoms with E-state index in [1.165, 1.54) is 6.33 Å². The van der Waals surface area contributed by atoms with E-state index in [0.29, 0.717) is 18.7 Å². The number of nitrogens with zero attached hydrogens (tertiary/aromatic N) is 2. The fraction of sp³-hybridized carbons (Fsp3) is 0.625. The van der Waals surface area contributed by atoms with Crippen molar-refractivity contribution in [3.05, 3.63) is 12.2 Å². The molecule has 0 aromatic carbocycles. The largest absolute Gasteiger partial charge is 0.481 e. The molecule has 0 aliphatic carbocycles. The van der Waals surface area contributed by atoms with Gasteiger partial charge in [0.05, 0.1) is 12.2 Å². The molecule has 17 heavy (non-hydrogen) atoms. The van der Waals surface area contributed by atoms with Crippen molar-refractivity contribution in [3.63, 3.8) is 0 Å². The lowest BCUT2D eigenvalue weighted by molar-refractivity contribution is -0.136. The number of carbonyl (C=O) groups is 1. The second-order valence-electron chi connectivity index (χ2n) is 3.39. The van der Waals surface area contributed by atoms with Crippen LogP contribution in [0.4, 0.5) is 0 Å². The first-order chi connectivity index (χ1) is 7.99. The van der Waals surface area contributed by atoms with Crippen molar-refractivity contribution >= 4 is 16.0 Å². The number of nitrogens with one attached hydrogen (secondary N) is 2. The molecule has 3 N–H and O–H groups in total. The highest BCUT2D eigenvalue weighted by atomic mass is 32.2. The Hall–Kier alpha value is -1.48. The van der Waals surface area contributed by atoms with Crippen LogP contribution in [0.3, 0.4) is 0 Å². The Bertz CT molecular complexity index is 442. The van der Waals surface area contributed by atoms with Crippen molar-refractivity contribution in [2.45, 2.75) is 19.3 Å². The summed E-state index contributed by atoms with van der Waals surface area (Å²) in [6, 6.07) is 0. The Morgan fingerprint density at radius 1 is 1.53 bits per heavy atom. The molecule has 1 rings (SSSR count). The molecule has 1 heterocycles. The van der Waals surface area contributed by atoms with Gasteiger partial charge in [0.1, 0.15) is 12.2 Å². The van der Waals surface area contributed by atoms with Gasteiger partial charge >= 0.3 is 5.97 Å². The van der Waals surface area contributed by atoms with Crippen LogP contribution in [0.25, 0.3) is 0 Å². The number of H-pyrrole nitrogens is 1. The summed E-state index contributed by atoms with van der Waals surface area (Å²) in [5, 5.41) is 14.7. The molecule has 1 aromatic rings. The molecule has 0 spiro atoms. The third kappa shape index (κ3) is 5.97. The van der Waals surface area contributed by atoms with Crippen LogP contribution in [-0.4, -0.2) is 47.0 Å². The van der Waals surface area contributed by atoms with Gasteiger partial charge in [-0.25, -0.2) is 18.1 Å². The summed E-state index contributed by atoms with van der Waals surface area (Å²) in [5.74, 6) is -0.836. The van der Waals surface area contributed by atoms with Gasteiger partial charge in [0.25, 0.3) is 0 Å². The second kappa shape index (κ2) is 6.30. The molecule has 0 fully saturated rings. The fourth-order valence-electron chi connectivity index (χ4n) is 1.13. The van der Waals surface area contributed by atoms with Crippen LogP contribution in [0, 0.1) is 0 Å². The topological polar surface area (TPSA) is 125 Å². The number of aryl methyl sites for hydroxylation is 1. The fourth-order valence-corrected chi connectivity index (χ4v) is 2.17. The summed E-state index contributed by atoms with van der Waals surface area (Å²) in [5.41, 5.74) is 0. The number of sulfonamides is 1. The minimum Gasteiger partial charge on any atom is -0.481 e. The van der Waals surface area contributed by atoms with Gasteiger partial charge < -0.3 is 5.11 Å². The highest BCUT2D eigenvalue weighted by molar-refractivity contribution is 7.89. The average Bonchev–Trinajstić information content (AvgIpc) is 2.75. The number of aliphatic carboxylic acids is 1. The molecule has 9 heteroatoms. The number of aromatic nitrogens is 3. The maximum absolute atomic E-state index is 11.3. The van der Waals surface area contributed by atoms with Crippen LogP contribution in [0.2, 0.25) is 0 Å². The van der Waals surface area contributed by atoms with Crippen molar-refractivity contribution in [2.24, 2.45) is 0 Å². The Labute approximate surface area is 98.5 Å². The summed E-state index contributed by atoms with van der Waals surface area (Å²) in [7, 11) is -3.49. The standard InChI is InChI=1S/C8H14N4O4S/c13-8(14)3-5-17(15,16)11-4-1-2-7-9-6-10-12-7/h6,11H,1-5H2,(H,13,14)(H,9,10,12). The minimum atomic E-state index is -3.49. The SMILES string of the molecule is O=C(O)CCS(=O)(=O)NCCCc1ncn[nH]1. The highest BCUT2D eigenvalue weighted by Crippen LogP contribution is 1.94. The second-order valence-corrected chi connectivity index (χ2v) is 5.32. The summed E-state index contributed by atoms with van der Waals surface area (Å²) >= 11 is 0. The molecule has 0 unspecified atom stereocenters.